The second-order valence-corrected chi connectivity index (χ2v) is 10.2. The van der Waals surface area contributed by atoms with Crippen LogP contribution in [-0.4, -0.2) is 59.0 Å². The quantitative estimate of drug-likeness (QED) is 0.536. The van der Waals surface area contributed by atoms with Crippen LogP contribution in [0.25, 0.3) is 0 Å². The van der Waals surface area contributed by atoms with Gasteiger partial charge in [0.05, 0.1) is 43.4 Å². The van der Waals surface area contributed by atoms with E-state index in [1.807, 2.05) is 0 Å². The first-order valence-electron chi connectivity index (χ1n) is 10.1. The van der Waals surface area contributed by atoms with E-state index in [1.165, 1.54) is 49.9 Å². The summed E-state index contributed by atoms with van der Waals surface area (Å²) < 4.78 is 43.5. The zero-order chi connectivity index (χ0) is 24.2. The van der Waals surface area contributed by atoms with Crippen molar-refractivity contribution in [1.29, 1.82) is 0 Å². The standard InChI is InChI=1S/C22H25BrN2O7S/c1-30-19-11-17(22(27)32-3)18(12-20(19)31-2)24-21(26)14-5-4-10-25(13-14)33(28,29)16-8-6-15(23)7-9-16/h6-9,11-12,14H,4-5,10,13H2,1-3H3,(H,24,26)/t14-/m0/s1. The van der Waals surface area contributed by atoms with E-state index in [0.29, 0.717) is 30.9 Å². The van der Waals surface area contributed by atoms with Gasteiger partial charge in [-0.3, -0.25) is 4.79 Å². The molecule has 0 unspecified atom stereocenters. The van der Waals surface area contributed by atoms with Gasteiger partial charge < -0.3 is 19.5 Å². The Morgan fingerprint density at radius 1 is 1.06 bits per heavy atom. The van der Waals surface area contributed by atoms with Crippen molar-refractivity contribution in [3.63, 3.8) is 0 Å². The van der Waals surface area contributed by atoms with Crippen molar-refractivity contribution in [3.8, 4) is 11.5 Å². The van der Waals surface area contributed by atoms with Crippen LogP contribution in [0, 0.1) is 5.92 Å². The Balaban J connectivity index is 1.83. The average Bonchev–Trinajstić information content (AvgIpc) is 2.83. The van der Waals surface area contributed by atoms with Gasteiger partial charge in [-0.05, 0) is 37.1 Å². The van der Waals surface area contributed by atoms with E-state index in [9.17, 15) is 18.0 Å². The van der Waals surface area contributed by atoms with Crippen LogP contribution in [0.2, 0.25) is 0 Å². The lowest BCUT2D eigenvalue weighted by Crippen LogP contribution is -2.43. The molecule has 0 saturated carbocycles. The van der Waals surface area contributed by atoms with Gasteiger partial charge in [0.25, 0.3) is 0 Å². The number of benzene rings is 2. The van der Waals surface area contributed by atoms with Crippen molar-refractivity contribution in [1.82, 2.24) is 4.31 Å². The Labute approximate surface area is 201 Å². The van der Waals surface area contributed by atoms with Crippen molar-refractivity contribution in [2.45, 2.75) is 17.7 Å². The number of amides is 1. The number of nitrogens with zero attached hydrogens (tertiary/aromatic N) is 1. The minimum Gasteiger partial charge on any atom is -0.493 e. The Morgan fingerprint density at radius 3 is 2.30 bits per heavy atom. The third kappa shape index (κ3) is 5.48. The lowest BCUT2D eigenvalue weighted by molar-refractivity contribution is -0.120. The fraction of sp³-hybridized carbons (Fsp3) is 0.364. The van der Waals surface area contributed by atoms with Gasteiger partial charge in [0.1, 0.15) is 0 Å². The molecule has 0 aromatic heterocycles. The number of carbonyl (C=O) groups excluding carboxylic acids is 2. The Hall–Kier alpha value is -2.63. The minimum atomic E-state index is -3.74. The van der Waals surface area contributed by atoms with E-state index < -0.39 is 27.8 Å². The Morgan fingerprint density at radius 2 is 1.70 bits per heavy atom. The van der Waals surface area contributed by atoms with Crippen molar-refractivity contribution in [2.75, 3.05) is 39.7 Å². The molecule has 0 spiro atoms. The molecule has 9 nitrogen and oxygen atoms in total. The number of anilines is 1. The van der Waals surface area contributed by atoms with E-state index in [4.69, 9.17) is 14.2 Å². The number of nitrogens with one attached hydrogen (secondary N) is 1. The molecule has 3 rings (SSSR count). The number of esters is 1. The van der Waals surface area contributed by atoms with E-state index in [-0.39, 0.29) is 22.7 Å². The summed E-state index contributed by atoms with van der Waals surface area (Å²) in [6.07, 6.45) is 1.04. The summed E-state index contributed by atoms with van der Waals surface area (Å²) in [4.78, 5) is 25.5. The van der Waals surface area contributed by atoms with E-state index in [1.54, 1.807) is 12.1 Å². The lowest BCUT2D eigenvalue weighted by atomic mass is 9.98. The Kier molecular flexibility index (Phi) is 7.98. The molecular weight excluding hydrogens is 516 g/mol. The smallest absolute Gasteiger partial charge is 0.340 e. The van der Waals surface area contributed by atoms with Gasteiger partial charge in [0, 0.05) is 29.7 Å². The molecule has 0 radical (unpaired) electrons. The number of ether oxygens (including phenoxy) is 3. The molecular formula is C22H25BrN2O7S. The molecule has 0 bridgehead atoms. The average molecular weight is 541 g/mol. The highest BCUT2D eigenvalue weighted by Crippen LogP contribution is 2.34. The van der Waals surface area contributed by atoms with Gasteiger partial charge >= 0.3 is 5.97 Å². The predicted molar refractivity (Wildman–Crippen MR) is 125 cm³/mol. The topological polar surface area (TPSA) is 111 Å². The van der Waals surface area contributed by atoms with Crippen LogP contribution in [0.5, 0.6) is 11.5 Å². The largest absolute Gasteiger partial charge is 0.493 e. The summed E-state index contributed by atoms with van der Waals surface area (Å²) in [5, 5.41) is 2.74. The molecule has 1 heterocycles. The number of methoxy groups -OCH3 is 3. The third-order valence-electron chi connectivity index (χ3n) is 5.39. The summed E-state index contributed by atoms with van der Waals surface area (Å²) in [6, 6.07) is 9.26. The van der Waals surface area contributed by atoms with Crippen LogP contribution in [0.3, 0.4) is 0 Å². The second kappa shape index (κ2) is 10.5. The molecule has 178 valence electrons. The molecule has 1 saturated heterocycles. The number of hydrogen-bond donors (Lipinski definition) is 1. The molecule has 2 aromatic rings. The van der Waals surface area contributed by atoms with E-state index in [0.717, 1.165) is 4.47 Å². The highest BCUT2D eigenvalue weighted by atomic mass is 79.9. The number of halogens is 1. The first-order chi connectivity index (χ1) is 15.7. The SMILES string of the molecule is COC(=O)c1cc(OC)c(OC)cc1NC(=O)[C@H]1CCCN(S(=O)(=O)c2ccc(Br)cc2)C1. The van der Waals surface area contributed by atoms with Crippen LogP contribution >= 0.6 is 15.9 Å². The molecule has 11 heteroatoms. The minimum absolute atomic E-state index is 0.0328. The summed E-state index contributed by atoms with van der Waals surface area (Å²) in [6.45, 7) is 0.358. The predicted octanol–water partition coefficient (Wildman–Crippen LogP) is 3.29. The maximum atomic E-state index is 13.1. The van der Waals surface area contributed by atoms with Crippen LogP contribution < -0.4 is 14.8 Å². The molecule has 0 aliphatic carbocycles. The van der Waals surface area contributed by atoms with Crippen molar-refractivity contribution < 1.29 is 32.2 Å². The molecule has 1 N–H and O–H groups in total. The van der Waals surface area contributed by atoms with Crippen LogP contribution in [0.15, 0.2) is 45.8 Å². The number of piperidine rings is 1. The third-order valence-corrected chi connectivity index (χ3v) is 7.80. The van der Waals surface area contributed by atoms with Crippen molar-refractivity contribution in [3.05, 3.63) is 46.4 Å². The highest BCUT2D eigenvalue weighted by molar-refractivity contribution is 9.10. The zero-order valence-corrected chi connectivity index (χ0v) is 20.9. The molecule has 1 fully saturated rings. The number of sulfonamides is 1. The number of carbonyl (C=O) groups is 2. The summed E-state index contributed by atoms with van der Waals surface area (Å²) >= 11 is 3.30. The van der Waals surface area contributed by atoms with Crippen molar-refractivity contribution >= 4 is 43.5 Å². The molecule has 1 atom stereocenters. The van der Waals surface area contributed by atoms with Gasteiger partial charge in [-0.25, -0.2) is 13.2 Å². The first kappa shape index (κ1) is 25.0. The molecule has 33 heavy (non-hydrogen) atoms. The van der Waals surface area contributed by atoms with Gasteiger partial charge in [-0.2, -0.15) is 4.31 Å². The van der Waals surface area contributed by atoms with E-state index in [2.05, 4.69) is 21.2 Å². The van der Waals surface area contributed by atoms with Crippen molar-refractivity contribution in [2.24, 2.45) is 5.92 Å². The van der Waals surface area contributed by atoms with Crippen LogP contribution in [0.4, 0.5) is 5.69 Å². The van der Waals surface area contributed by atoms with Gasteiger partial charge in [0.2, 0.25) is 15.9 Å². The van der Waals surface area contributed by atoms with Crippen LogP contribution in [-0.2, 0) is 19.6 Å². The zero-order valence-electron chi connectivity index (χ0n) is 18.5. The lowest BCUT2D eigenvalue weighted by Gasteiger charge is -2.31. The maximum Gasteiger partial charge on any atom is 0.340 e. The normalized spacial score (nSPS) is 16.7. The van der Waals surface area contributed by atoms with Crippen LogP contribution in [0.1, 0.15) is 23.2 Å². The summed E-state index contributed by atoms with van der Waals surface area (Å²) in [5.41, 5.74) is 0.288. The fourth-order valence-electron chi connectivity index (χ4n) is 3.63. The summed E-state index contributed by atoms with van der Waals surface area (Å²) in [7, 11) is 0.359. The monoisotopic (exact) mass is 540 g/mol. The molecule has 1 amide bonds. The summed E-state index contributed by atoms with van der Waals surface area (Å²) in [5.74, 6) is -1.02. The Bertz CT molecular complexity index is 1140. The first-order valence-corrected chi connectivity index (χ1v) is 12.4. The van der Waals surface area contributed by atoms with Gasteiger partial charge in [-0.1, -0.05) is 15.9 Å². The van der Waals surface area contributed by atoms with Gasteiger partial charge in [0.15, 0.2) is 11.5 Å². The van der Waals surface area contributed by atoms with Gasteiger partial charge in [-0.15, -0.1) is 0 Å². The maximum absolute atomic E-state index is 13.1. The highest BCUT2D eigenvalue weighted by Gasteiger charge is 2.34. The molecule has 1 aliphatic rings. The molecule has 2 aromatic carbocycles. The molecule has 1 aliphatic heterocycles. The number of rotatable bonds is 7. The van der Waals surface area contributed by atoms with E-state index >= 15 is 0 Å². The second-order valence-electron chi connectivity index (χ2n) is 7.39. The fourth-order valence-corrected chi connectivity index (χ4v) is 5.41. The number of hydrogen-bond acceptors (Lipinski definition) is 7.